The third-order valence-corrected chi connectivity index (χ3v) is 3.59. The summed E-state index contributed by atoms with van der Waals surface area (Å²) in [6.07, 6.45) is 0. The molecule has 2 aromatic carbocycles. The van der Waals surface area contributed by atoms with Crippen molar-refractivity contribution >= 4 is 0 Å². The van der Waals surface area contributed by atoms with Crippen LogP contribution >= 0.6 is 0 Å². The largest absolute Gasteiger partial charge is 0.497 e. The Hall–Kier alpha value is -1.80. The van der Waals surface area contributed by atoms with Crippen LogP contribution in [0.25, 0.3) is 0 Å². The topological polar surface area (TPSA) is 21.3 Å². The Balaban J connectivity index is 2.37. The summed E-state index contributed by atoms with van der Waals surface area (Å²) in [6.45, 7) is 2.21. The molecule has 19 heavy (non-hydrogen) atoms. The first-order chi connectivity index (χ1) is 9.26. The summed E-state index contributed by atoms with van der Waals surface area (Å²) in [6, 6.07) is 19.3. The van der Waals surface area contributed by atoms with Crippen LogP contribution < -0.4 is 10.1 Å². The maximum atomic E-state index is 5.23. The second-order valence-corrected chi connectivity index (χ2v) is 4.74. The fourth-order valence-electron chi connectivity index (χ4n) is 2.41. The summed E-state index contributed by atoms with van der Waals surface area (Å²) in [5.41, 5.74) is 2.63. The van der Waals surface area contributed by atoms with E-state index in [1.54, 1.807) is 7.11 Å². The lowest BCUT2D eigenvalue weighted by Crippen LogP contribution is -2.29. The van der Waals surface area contributed by atoms with Crippen LogP contribution in [0.5, 0.6) is 5.75 Å². The van der Waals surface area contributed by atoms with Gasteiger partial charge in [0.1, 0.15) is 5.75 Å². The zero-order chi connectivity index (χ0) is 13.7. The molecule has 2 atom stereocenters. The van der Waals surface area contributed by atoms with E-state index in [1.165, 1.54) is 11.1 Å². The molecule has 0 spiro atoms. The quantitative estimate of drug-likeness (QED) is 0.883. The molecule has 0 amide bonds. The van der Waals surface area contributed by atoms with Gasteiger partial charge in [-0.05, 0) is 37.2 Å². The van der Waals surface area contributed by atoms with Crippen LogP contribution in [0.4, 0.5) is 0 Å². The maximum absolute atomic E-state index is 5.23. The minimum Gasteiger partial charge on any atom is -0.497 e. The first-order valence-corrected chi connectivity index (χ1v) is 6.62. The van der Waals surface area contributed by atoms with Crippen molar-refractivity contribution in [1.29, 1.82) is 0 Å². The van der Waals surface area contributed by atoms with Gasteiger partial charge in [0.05, 0.1) is 7.11 Å². The maximum Gasteiger partial charge on any atom is 0.118 e. The summed E-state index contributed by atoms with van der Waals surface area (Å²) in [5, 5.41) is 3.36. The Labute approximate surface area is 115 Å². The first kappa shape index (κ1) is 13.6. The molecule has 0 bridgehead atoms. The molecule has 0 fully saturated rings. The Morgan fingerprint density at radius 1 is 0.895 bits per heavy atom. The zero-order valence-corrected chi connectivity index (χ0v) is 11.8. The third-order valence-electron chi connectivity index (χ3n) is 3.59. The number of benzene rings is 2. The standard InChI is InChI=1S/C17H21NO/c1-13(18-2)17(14-7-5-4-6-8-14)15-9-11-16(19-3)12-10-15/h4-13,17-18H,1-3H3. The second-order valence-electron chi connectivity index (χ2n) is 4.74. The van der Waals surface area contributed by atoms with Gasteiger partial charge in [0, 0.05) is 12.0 Å². The van der Waals surface area contributed by atoms with Gasteiger partial charge in [-0.25, -0.2) is 0 Å². The Morgan fingerprint density at radius 3 is 2.00 bits per heavy atom. The zero-order valence-electron chi connectivity index (χ0n) is 11.8. The van der Waals surface area contributed by atoms with E-state index in [1.807, 2.05) is 19.2 Å². The molecule has 0 saturated carbocycles. The van der Waals surface area contributed by atoms with Crippen molar-refractivity contribution < 1.29 is 4.74 Å². The molecular formula is C17H21NO. The summed E-state index contributed by atoms with van der Waals surface area (Å²) in [4.78, 5) is 0. The predicted octanol–water partition coefficient (Wildman–Crippen LogP) is 3.44. The van der Waals surface area contributed by atoms with Crippen LogP contribution in [0.15, 0.2) is 54.6 Å². The summed E-state index contributed by atoms with van der Waals surface area (Å²) in [5.74, 6) is 1.24. The normalized spacial score (nSPS) is 13.8. The van der Waals surface area contributed by atoms with Crippen molar-refractivity contribution in [1.82, 2.24) is 5.32 Å². The SMILES string of the molecule is CNC(C)C(c1ccccc1)c1ccc(OC)cc1. The monoisotopic (exact) mass is 255 g/mol. The molecule has 1 N–H and O–H groups in total. The van der Waals surface area contributed by atoms with Crippen LogP contribution in [0.1, 0.15) is 24.0 Å². The minimum absolute atomic E-state index is 0.345. The van der Waals surface area contributed by atoms with Gasteiger partial charge in [0.25, 0.3) is 0 Å². The molecule has 2 aromatic rings. The van der Waals surface area contributed by atoms with Crippen LogP contribution in [-0.4, -0.2) is 20.2 Å². The summed E-state index contributed by atoms with van der Waals surface area (Å²) in [7, 11) is 3.70. The molecule has 2 unspecified atom stereocenters. The molecule has 0 aliphatic rings. The van der Waals surface area contributed by atoms with Gasteiger partial charge >= 0.3 is 0 Å². The van der Waals surface area contributed by atoms with Crippen LogP contribution in [-0.2, 0) is 0 Å². The van der Waals surface area contributed by atoms with Crippen molar-refractivity contribution in [2.45, 2.75) is 18.9 Å². The van der Waals surface area contributed by atoms with E-state index in [4.69, 9.17) is 4.74 Å². The fraction of sp³-hybridized carbons (Fsp3) is 0.294. The number of methoxy groups -OCH3 is 1. The third kappa shape index (κ3) is 3.15. The van der Waals surface area contributed by atoms with Crippen molar-refractivity contribution in [2.75, 3.05) is 14.2 Å². The van der Waals surface area contributed by atoms with Gasteiger partial charge in [-0.15, -0.1) is 0 Å². The molecule has 0 saturated heterocycles. The predicted molar refractivity (Wildman–Crippen MR) is 79.8 cm³/mol. The highest BCUT2D eigenvalue weighted by Crippen LogP contribution is 2.29. The van der Waals surface area contributed by atoms with E-state index in [9.17, 15) is 0 Å². The van der Waals surface area contributed by atoms with E-state index in [-0.39, 0.29) is 0 Å². The molecule has 0 heterocycles. The van der Waals surface area contributed by atoms with E-state index < -0.39 is 0 Å². The average molecular weight is 255 g/mol. The van der Waals surface area contributed by atoms with Gasteiger partial charge in [0.2, 0.25) is 0 Å². The highest BCUT2D eigenvalue weighted by atomic mass is 16.5. The van der Waals surface area contributed by atoms with E-state index in [0.29, 0.717) is 12.0 Å². The molecule has 0 aliphatic carbocycles. The van der Waals surface area contributed by atoms with Gasteiger partial charge in [-0.1, -0.05) is 42.5 Å². The molecule has 0 radical (unpaired) electrons. The van der Waals surface area contributed by atoms with Gasteiger partial charge in [0.15, 0.2) is 0 Å². The van der Waals surface area contributed by atoms with Crippen LogP contribution in [0.2, 0.25) is 0 Å². The lowest BCUT2D eigenvalue weighted by atomic mass is 9.86. The Kier molecular flexibility index (Phi) is 4.58. The number of hydrogen-bond acceptors (Lipinski definition) is 2. The lowest BCUT2D eigenvalue weighted by molar-refractivity contribution is 0.414. The van der Waals surface area contributed by atoms with Crippen molar-refractivity contribution in [3.8, 4) is 5.75 Å². The van der Waals surface area contributed by atoms with Crippen molar-refractivity contribution in [3.63, 3.8) is 0 Å². The fourth-order valence-corrected chi connectivity index (χ4v) is 2.41. The van der Waals surface area contributed by atoms with Crippen molar-refractivity contribution in [3.05, 3.63) is 65.7 Å². The number of ether oxygens (including phenoxy) is 1. The van der Waals surface area contributed by atoms with Crippen LogP contribution in [0, 0.1) is 0 Å². The summed E-state index contributed by atoms with van der Waals surface area (Å²) < 4.78 is 5.23. The van der Waals surface area contributed by atoms with Gasteiger partial charge in [-0.2, -0.15) is 0 Å². The minimum atomic E-state index is 0.345. The Bertz CT molecular complexity index is 492. The molecule has 2 heteroatoms. The molecular weight excluding hydrogens is 234 g/mol. The van der Waals surface area contributed by atoms with E-state index >= 15 is 0 Å². The molecule has 0 aliphatic heterocycles. The van der Waals surface area contributed by atoms with Crippen molar-refractivity contribution in [2.24, 2.45) is 0 Å². The number of nitrogens with one attached hydrogen (secondary N) is 1. The van der Waals surface area contributed by atoms with Gasteiger partial charge < -0.3 is 10.1 Å². The molecule has 2 rings (SSSR count). The first-order valence-electron chi connectivity index (χ1n) is 6.62. The van der Waals surface area contributed by atoms with Crippen LogP contribution in [0.3, 0.4) is 0 Å². The lowest BCUT2D eigenvalue weighted by Gasteiger charge is -2.25. The highest BCUT2D eigenvalue weighted by molar-refractivity contribution is 5.37. The highest BCUT2D eigenvalue weighted by Gasteiger charge is 2.19. The summed E-state index contributed by atoms with van der Waals surface area (Å²) >= 11 is 0. The molecule has 100 valence electrons. The number of rotatable bonds is 5. The number of likely N-dealkylation sites (N-methyl/N-ethyl adjacent to an activating group) is 1. The molecule has 0 aromatic heterocycles. The number of hydrogen-bond donors (Lipinski definition) is 1. The average Bonchev–Trinajstić information content (AvgIpc) is 2.49. The smallest absolute Gasteiger partial charge is 0.118 e. The molecule has 2 nitrogen and oxygen atoms in total. The second kappa shape index (κ2) is 6.39. The van der Waals surface area contributed by atoms with Gasteiger partial charge in [-0.3, -0.25) is 0 Å². The Morgan fingerprint density at radius 2 is 1.47 bits per heavy atom. The van der Waals surface area contributed by atoms with E-state index in [2.05, 4.69) is 54.7 Å². The van der Waals surface area contributed by atoms with E-state index in [0.717, 1.165) is 5.75 Å².